The van der Waals surface area contributed by atoms with Gasteiger partial charge in [-0.15, -0.1) is 35.7 Å². The summed E-state index contributed by atoms with van der Waals surface area (Å²) in [5, 5.41) is 8.12. The Balaban J connectivity index is 0.00000242. The summed E-state index contributed by atoms with van der Waals surface area (Å²) in [5.41, 5.74) is 0. The lowest BCUT2D eigenvalue weighted by atomic mass is 10.2. The van der Waals surface area contributed by atoms with Gasteiger partial charge in [0.25, 0.3) is 0 Å². The minimum absolute atomic E-state index is 0. The van der Waals surface area contributed by atoms with Crippen molar-refractivity contribution in [3.05, 3.63) is 30.3 Å². The van der Waals surface area contributed by atoms with Crippen molar-refractivity contribution >= 4 is 53.5 Å². The number of benzene rings is 1. The van der Waals surface area contributed by atoms with Crippen LogP contribution < -0.4 is 10.6 Å². The van der Waals surface area contributed by atoms with Gasteiger partial charge in [-0.25, -0.2) is 0 Å². The summed E-state index contributed by atoms with van der Waals surface area (Å²) < 4.78 is 0. The summed E-state index contributed by atoms with van der Waals surface area (Å²) in [7, 11) is 1.84. The third-order valence-electron chi connectivity index (χ3n) is 3.38. The molecule has 1 aliphatic heterocycles. The highest BCUT2D eigenvalue weighted by atomic mass is 127. The number of guanidine groups is 1. The highest BCUT2D eigenvalue weighted by Gasteiger charge is 2.15. The van der Waals surface area contributed by atoms with Gasteiger partial charge in [0, 0.05) is 35.5 Å². The largest absolute Gasteiger partial charge is 0.355 e. The Kier molecular flexibility index (Phi) is 10.4. The van der Waals surface area contributed by atoms with Gasteiger partial charge in [0.2, 0.25) is 0 Å². The first kappa shape index (κ1) is 20.0. The van der Waals surface area contributed by atoms with E-state index in [0.717, 1.165) is 24.3 Å². The van der Waals surface area contributed by atoms with Crippen molar-refractivity contribution < 1.29 is 0 Å². The fourth-order valence-electron chi connectivity index (χ4n) is 2.25. The molecule has 0 amide bonds. The topological polar surface area (TPSA) is 36.4 Å². The standard InChI is InChI=1S/C16H25N3S2.HI/c1-13(21-14-7-4-3-5-8-14)11-18-16(17-2)19-12-15-9-6-10-20-15;/h3-5,7-8,13,15H,6,9-12H2,1-2H3,(H2,17,18,19);1H. The Bertz CT molecular complexity index is 436. The van der Waals surface area contributed by atoms with Gasteiger partial charge in [0.1, 0.15) is 0 Å². The summed E-state index contributed by atoms with van der Waals surface area (Å²) in [6, 6.07) is 10.5. The van der Waals surface area contributed by atoms with E-state index in [0.29, 0.717) is 5.25 Å². The van der Waals surface area contributed by atoms with E-state index in [1.165, 1.54) is 23.5 Å². The summed E-state index contributed by atoms with van der Waals surface area (Å²) in [4.78, 5) is 5.62. The molecule has 0 saturated carbocycles. The molecule has 2 N–H and O–H groups in total. The van der Waals surface area contributed by atoms with Crippen LogP contribution in [0.1, 0.15) is 19.8 Å². The molecule has 1 fully saturated rings. The molecule has 0 radical (unpaired) electrons. The average Bonchev–Trinajstić information content (AvgIpc) is 3.02. The van der Waals surface area contributed by atoms with Crippen LogP contribution in [0.2, 0.25) is 0 Å². The predicted octanol–water partition coefficient (Wildman–Crippen LogP) is 3.85. The van der Waals surface area contributed by atoms with Crippen molar-refractivity contribution in [3.63, 3.8) is 0 Å². The molecule has 2 atom stereocenters. The van der Waals surface area contributed by atoms with Gasteiger partial charge in [-0.2, -0.15) is 11.8 Å². The van der Waals surface area contributed by atoms with E-state index in [1.54, 1.807) is 0 Å². The predicted molar refractivity (Wildman–Crippen MR) is 112 cm³/mol. The second kappa shape index (κ2) is 11.5. The van der Waals surface area contributed by atoms with Crippen LogP contribution in [0.4, 0.5) is 0 Å². The number of hydrogen-bond acceptors (Lipinski definition) is 3. The van der Waals surface area contributed by atoms with E-state index in [4.69, 9.17) is 0 Å². The molecule has 1 aromatic rings. The minimum Gasteiger partial charge on any atom is -0.355 e. The van der Waals surface area contributed by atoms with Crippen LogP contribution in [0.25, 0.3) is 0 Å². The normalized spacial score (nSPS) is 19.4. The van der Waals surface area contributed by atoms with E-state index >= 15 is 0 Å². The zero-order chi connectivity index (χ0) is 14.9. The number of rotatable bonds is 6. The van der Waals surface area contributed by atoms with Crippen molar-refractivity contribution in [1.82, 2.24) is 10.6 Å². The second-order valence-electron chi connectivity index (χ2n) is 5.21. The lowest BCUT2D eigenvalue weighted by Crippen LogP contribution is -2.42. The van der Waals surface area contributed by atoms with Gasteiger partial charge < -0.3 is 10.6 Å². The maximum atomic E-state index is 4.30. The SMILES string of the molecule is CN=C(NCC(C)Sc1ccccc1)NCC1CCCS1.I. The first-order chi connectivity index (χ1) is 10.3. The number of halogens is 1. The highest BCUT2D eigenvalue weighted by Crippen LogP contribution is 2.25. The highest BCUT2D eigenvalue weighted by molar-refractivity contribution is 14.0. The molecule has 3 nitrogen and oxygen atoms in total. The number of hydrogen-bond donors (Lipinski definition) is 2. The minimum atomic E-state index is 0. The summed E-state index contributed by atoms with van der Waals surface area (Å²) in [5.74, 6) is 2.23. The Morgan fingerprint density at radius 3 is 2.77 bits per heavy atom. The average molecular weight is 451 g/mol. The lowest BCUT2D eigenvalue weighted by molar-refractivity contribution is 0.723. The molecule has 0 aromatic heterocycles. The zero-order valence-corrected chi connectivity index (χ0v) is 17.2. The van der Waals surface area contributed by atoms with Crippen LogP contribution in [0.5, 0.6) is 0 Å². The number of aliphatic imine (C=N–C) groups is 1. The smallest absolute Gasteiger partial charge is 0.191 e. The van der Waals surface area contributed by atoms with Crippen molar-refractivity contribution in [2.24, 2.45) is 4.99 Å². The quantitative estimate of drug-likeness (QED) is 0.298. The van der Waals surface area contributed by atoms with Gasteiger partial charge in [0.15, 0.2) is 5.96 Å². The Hall–Kier alpha value is -0.0800. The van der Waals surface area contributed by atoms with Crippen LogP contribution in [0, 0.1) is 0 Å². The first-order valence-electron chi connectivity index (χ1n) is 7.55. The van der Waals surface area contributed by atoms with Crippen LogP contribution in [0.15, 0.2) is 40.2 Å². The van der Waals surface area contributed by atoms with E-state index < -0.39 is 0 Å². The number of nitrogens with zero attached hydrogens (tertiary/aromatic N) is 1. The molecule has 124 valence electrons. The third kappa shape index (κ3) is 7.46. The van der Waals surface area contributed by atoms with E-state index in [1.807, 2.05) is 18.8 Å². The van der Waals surface area contributed by atoms with Crippen molar-refractivity contribution in [3.8, 4) is 0 Å². The zero-order valence-electron chi connectivity index (χ0n) is 13.2. The van der Waals surface area contributed by atoms with Gasteiger partial charge in [-0.05, 0) is 30.7 Å². The maximum Gasteiger partial charge on any atom is 0.191 e. The molecule has 0 aliphatic carbocycles. The number of thioether (sulfide) groups is 2. The Morgan fingerprint density at radius 2 is 2.14 bits per heavy atom. The van der Waals surface area contributed by atoms with Gasteiger partial charge in [-0.3, -0.25) is 4.99 Å². The van der Waals surface area contributed by atoms with Gasteiger partial charge in [-0.1, -0.05) is 25.1 Å². The van der Waals surface area contributed by atoms with Crippen molar-refractivity contribution in [2.75, 3.05) is 25.9 Å². The molecule has 6 heteroatoms. The van der Waals surface area contributed by atoms with E-state index in [9.17, 15) is 0 Å². The molecular weight excluding hydrogens is 425 g/mol. The molecule has 1 aromatic carbocycles. The second-order valence-corrected chi connectivity index (χ2v) is 8.13. The fourth-order valence-corrected chi connectivity index (χ4v) is 4.40. The maximum absolute atomic E-state index is 4.30. The van der Waals surface area contributed by atoms with Gasteiger partial charge >= 0.3 is 0 Å². The molecule has 0 spiro atoms. The molecule has 0 bridgehead atoms. The van der Waals surface area contributed by atoms with Crippen LogP contribution in [0.3, 0.4) is 0 Å². The fraction of sp³-hybridized carbons (Fsp3) is 0.562. The molecule has 1 heterocycles. The van der Waals surface area contributed by atoms with Gasteiger partial charge in [0.05, 0.1) is 0 Å². The number of nitrogens with one attached hydrogen (secondary N) is 2. The lowest BCUT2D eigenvalue weighted by Gasteiger charge is -2.17. The Morgan fingerprint density at radius 1 is 1.36 bits per heavy atom. The van der Waals surface area contributed by atoms with Crippen molar-refractivity contribution in [2.45, 2.75) is 35.2 Å². The van der Waals surface area contributed by atoms with Crippen LogP contribution in [-0.2, 0) is 0 Å². The molecule has 1 saturated heterocycles. The van der Waals surface area contributed by atoms with Crippen LogP contribution >= 0.6 is 47.5 Å². The monoisotopic (exact) mass is 451 g/mol. The first-order valence-corrected chi connectivity index (χ1v) is 9.48. The molecule has 22 heavy (non-hydrogen) atoms. The molecule has 1 aliphatic rings. The van der Waals surface area contributed by atoms with E-state index in [-0.39, 0.29) is 24.0 Å². The third-order valence-corrected chi connectivity index (χ3v) is 5.89. The summed E-state index contributed by atoms with van der Waals surface area (Å²) >= 11 is 3.96. The molecular formula is C16H26IN3S2. The van der Waals surface area contributed by atoms with E-state index in [2.05, 4.69) is 64.6 Å². The molecule has 2 rings (SSSR count). The summed E-state index contributed by atoms with van der Waals surface area (Å²) in [6.07, 6.45) is 2.68. The molecule has 2 unspecified atom stereocenters. The summed E-state index contributed by atoms with van der Waals surface area (Å²) in [6.45, 7) is 4.17. The van der Waals surface area contributed by atoms with Crippen molar-refractivity contribution in [1.29, 1.82) is 0 Å². The Labute approximate surface area is 159 Å². The van der Waals surface area contributed by atoms with Crippen LogP contribution in [-0.4, -0.2) is 42.3 Å².